The predicted octanol–water partition coefficient (Wildman–Crippen LogP) is 2.39. The zero-order valence-electron chi connectivity index (χ0n) is 11.1. The van der Waals surface area contributed by atoms with Gasteiger partial charge in [0, 0.05) is 26.3 Å². The molecule has 0 aliphatic carbocycles. The van der Waals surface area contributed by atoms with Crippen molar-refractivity contribution >= 4 is 11.6 Å². The average molecular weight is 247 g/mol. The quantitative estimate of drug-likeness (QED) is 0.892. The van der Waals surface area contributed by atoms with Gasteiger partial charge in [0.05, 0.1) is 17.4 Å². The molecule has 2 rings (SSSR count). The van der Waals surface area contributed by atoms with E-state index in [2.05, 4.69) is 17.2 Å². The molecule has 1 aliphatic rings. The molecule has 1 atom stereocenters. The Balaban J connectivity index is 2.15. The monoisotopic (exact) mass is 247 g/mol. The lowest BCUT2D eigenvalue weighted by atomic mass is 9.95. The van der Waals surface area contributed by atoms with Crippen LogP contribution in [-0.2, 0) is 0 Å². The normalized spacial score (nSPS) is 19.7. The Labute approximate surface area is 108 Å². The number of likely N-dealkylation sites (tertiary alicyclic amines) is 1. The van der Waals surface area contributed by atoms with Gasteiger partial charge in [-0.05, 0) is 24.8 Å². The van der Waals surface area contributed by atoms with Gasteiger partial charge in [-0.25, -0.2) is 0 Å². The topological polar surface area (TPSA) is 45.2 Å². The van der Waals surface area contributed by atoms with E-state index in [1.165, 1.54) is 6.42 Å². The molecule has 1 N–H and O–H groups in total. The van der Waals surface area contributed by atoms with Crippen molar-refractivity contribution in [3.05, 3.63) is 24.0 Å². The molecule has 0 radical (unpaired) electrons. The number of aromatic nitrogens is 1. The number of rotatable bonds is 3. The van der Waals surface area contributed by atoms with Crippen LogP contribution in [0.4, 0.5) is 5.69 Å². The molecule has 1 fully saturated rings. The predicted molar refractivity (Wildman–Crippen MR) is 72.7 cm³/mol. The van der Waals surface area contributed by atoms with E-state index in [-0.39, 0.29) is 5.91 Å². The number of pyridine rings is 1. The summed E-state index contributed by atoms with van der Waals surface area (Å²) >= 11 is 0. The SMILES string of the molecule is CCC1CCCN(C(=O)c2ccncc2NC)C1. The van der Waals surface area contributed by atoms with Crippen molar-refractivity contribution in [3.63, 3.8) is 0 Å². The molecule has 0 bridgehead atoms. The van der Waals surface area contributed by atoms with Gasteiger partial charge in [0.15, 0.2) is 0 Å². The second-order valence-electron chi connectivity index (χ2n) is 4.84. The van der Waals surface area contributed by atoms with E-state index in [0.717, 1.165) is 37.2 Å². The van der Waals surface area contributed by atoms with E-state index < -0.39 is 0 Å². The Kier molecular flexibility index (Phi) is 4.18. The van der Waals surface area contributed by atoms with Crippen molar-refractivity contribution < 1.29 is 4.79 Å². The van der Waals surface area contributed by atoms with Crippen LogP contribution in [0, 0.1) is 5.92 Å². The van der Waals surface area contributed by atoms with E-state index >= 15 is 0 Å². The lowest BCUT2D eigenvalue weighted by Crippen LogP contribution is -2.40. The lowest BCUT2D eigenvalue weighted by molar-refractivity contribution is 0.0672. The zero-order valence-corrected chi connectivity index (χ0v) is 11.1. The average Bonchev–Trinajstić information content (AvgIpc) is 2.46. The number of carbonyl (C=O) groups is 1. The summed E-state index contributed by atoms with van der Waals surface area (Å²) in [6, 6.07) is 1.80. The molecule has 1 amide bonds. The third-order valence-electron chi connectivity index (χ3n) is 3.70. The van der Waals surface area contributed by atoms with E-state index in [4.69, 9.17) is 0 Å². The molecule has 4 heteroatoms. The van der Waals surface area contributed by atoms with Gasteiger partial charge >= 0.3 is 0 Å². The third-order valence-corrected chi connectivity index (χ3v) is 3.70. The van der Waals surface area contributed by atoms with E-state index in [1.54, 1.807) is 18.5 Å². The fourth-order valence-electron chi connectivity index (χ4n) is 2.53. The maximum atomic E-state index is 12.5. The smallest absolute Gasteiger partial charge is 0.256 e. The van der Waals surface area contributed by atoms with Gasteiger partial charge in [0.2, 0.25) is 0 Å². The molecular weight excluding hydrogens is 226 g/mol. The summed E-state index contributed by atoms with van der Waals surface area (Å²) < 4.78 is 0. The molecule has 1 aromatic heterocycles. The first-order valence-corrected chi connectivity index (χ1v) is 6.67. The highest BCUT2D eigenvalue weighted by Crippen LogP contribution is 2.22. The molecule has 0 spiro atoms. The number of anilines is 1. The minimum Gasteiger partial charge on any atom is -0.386 e. The molecule has 0 saturated carbocycles. The van der Waals surface area contributed by atoms with E-state index in [9.17, 15) is 4.79 Å². The summed E-state index contributed by atoms with van der Waals surface area (Å²) in [6.07, 6.45) is 6.89. The second-order valence-corrected chi connectivity index (χ2v) is 4.84. The summed E-state index contributed by atoms with van der Waals surface area (Å²) in [5.74, 6) is 0.780. The van der Waals surface area contributed by atoms with Crippen LogP contribution < -0.4 is 5.32 Å². The Bertz CT molecular complexity index is 419. The van der Waals surface area contributed by atoms with Crippen LogP contribution in [0.15, 0.2) is 18.5 Å². The summed E-state index contributed by atoms with van der Waals surface area (Å²) in [7, 11) is 1.82. The highest BCUT2D eigenvalue weighted by atomic mass is 16.2. The first-order valence-electron chi connectivity index (χ1n) is 6.67. The van der Waals surface area contributed by atoms with Crippen LogP contribution in [-0.4, -0.2) is 35.9 Å². The maximum absolute atomic E-state index is 12.5. The van der Waals surface area contributed by atoms with Crippen molar-refractivity contribution in [1.29, 1.82) is 0 Å². The number of carbonyl (C=O) groups excluding carboxylic acids is 1. The second kappa shape index (κ2) is 5.85. The highest BCUT2D eigenvalue weighted by molar-refractivity contribution is 5.99. The molecule has 1 aromatic rings. The Hall–Kier alpha value is -1.58. The zero-order chi connectivity index (χ0) is 13.0. The number of piperidine rings is 1. The van der Waals surface area contributed by atoms with Crippen molar-refractivity contribution in [1.82, 2.24) is 9.88 Å². The molecule has 1 unspecified atom stereocenters. The number of nitrogens with one attached hydrogen (secondary N) is 1. The molecule has 1 aliphatic heterocycles. The fraction of sp³-hybridized carbons (Fsp3) is 0.571. The number of amides is 1. The van der Waals surface area contributed by atoms with Crippen LogP contribution in [0.2, 0.25) is 0 Å². The standard InChI is InChI=1S/C14H21N3O/c1-3-11-5-4-8-17(10-11)14(18)12-6-7-16-9-13(12)15-2/h6-7,9,11,15H,3-5,8,10H2,1-2H3. The van der Waals surface area contributed by atoms with Crippen molar-refractivity contribution in [2.75, 3.05) is 25.5 Å². The highest BCUT2D eigenvalue weighted by Gasteiger charge is 2.24. The van der Waals surface area contributed by atoms with Gasteiger partial charge in [-0.2, -0.15) is 0 Å². The van der Waals surface area contributed by atoms with Crippen LogP contribution in [0.5, 0.6) is 0 Å². The molecule has 98 valence electrons. The molecule has 4 nitrogen and oxygen atoms in total. The summed E-state index contributed by atoms with van der Waals surface area (Å²) in [5.41, 5.74) is 1.53. The molecule has 18 heavy (non-hydrogen) atoms. The minimum absolute atomic E-state index is 0.125. The summed E-state index contributed by atoms with van der Waals surface area (Å²) in [6.45, 7) is 3.96. The van der Waals surface area contributed by atoms with Crippen molar-refractivity contribution in [2.45, 2.75) is 26.2 Å². The Morgan fingerprint density at radius 1 is 1.61 bits per heavy atom. The van der Waals surface area contributed by atoms with Crippen LogP contribution in [0.25, 0.3) is 0 Å². The molecule has 1 saturated heterocycles. The lowest BCUT2D eigenvalue weighted by Gasteiger charge is -2.32. The molecule has 2 heterocycles. The minimum atomic E-state index is 0.125. The third kappa shape index (κ3) is 2.63. The van der Waals surface area contributed by atoms with Gasteiger partial charge in [-0.1, -0.05) is 13.3 Å². The van der Waals surface area contributed by atoms with Crippen molar-refractivity contribution in [3.8, 4) is 0 Å². The summed E-state index contributed by atoms with van der Waals surface area (Å²) in [5, 5.41) is 3.03. The number of hydrogen-bond donors (Lipinski definition) is 1. The first kappa shape index (κ1) is 12.9. The van der Waals surface area contributed by atoms with E-state index in [0.29, 0.717) is 5.92 Å². The van der Waals surface area contributed by atoms with Crippen molar-refractivity contribution in [2.24, 2.45) is 5.92 Å². The molecule has 0 aromatic carbocycles. The fourth-order valence-corrected chi connectivity index (χ4v) is 2.53. The van der Waals surface area contributed by atoms with Crippen LogP contribution in [0.3, 0.4) is 0 Å². The number of nitrogens with zero attached hydrogens (tertiary/aromatic N) is 2. The summed E-state index contributed by atoms with van der Waals surface area (Å²) in [4.78, 5) is 18.5. The first-order chi connectivity index (χ1) is 8.76. The van der Waals surface area contributed by atoms with Gasteiger partial charge in [0.25, 0.3) is 5.91 Å². The maximum Gasteiger partial charge on any atom is 0.256 e. The number of hydrogen-bond acceptors (Lipinski definition) is 3. The van der Waals surface area contributed by atoms with E-state index in [1.807, 2.05) is 11.9 Å². The Morgan fingerprint density at radius 2 is 2.44 bits per heavy atom. The van der Waals surface area contributed by atoms with Crippen LogP contribution in [0.1, 0.15) is 36.5 Å². The van der Waals surface area contributed by atoms with Gasteiger partial charge in [-0.3, -0.25) is 9.78 Å². The van der Waals surface area contributed by atoms with Gasteiger partial charge in [0.1, 0.15) is 0 Å². The largest absolute Gasteiger partial charge is 0.386 e. The van der Waals surface area contributed by atoms with Gasteiger partial charge < -0.3 is 10.2 Å². The molecular formula is C14H21N3O. The Morgan fingerprint density at radius 3 is 3.17 bits per heavy atom. The van der Waals surface area contributed by atoms with Crippen LogP contribution >= 0.6 is 0 Å². The van der Waals surface area contributed by atoms with Gasteiger partial charge in [-0.15, -0.1) is 0 Å².